The zero-order chi connectivity index (χ0) is 23.8. The summed E-state index contributed by atoms with van der Waals surface area (Å²) in [6.07, 6.45) is 2.05. The number of benzene rings is 3. The van der Waals surface area contributed by atoms with Crippen LogP contribution in [0, 0.1) is 0 Å². The van der Waals surface area contributed by atoms with Crippen molar-refractivity contribution in [1.82, 2.24) is 5.43 Å². The molecule has 0 heterocycles. The Kier molecular flexibility index (Phi) is 8.24. The van der Waals surface area contributed by atoms with E-state index in [2.05, 4.69) is 26.5 Å². The van der Waals surface area contributed by atoms with E-state index in [0.717, 1.165) is 14.3 Å². The Hall–Kier alpha value is -3.17. The Labute approximate surface area is 202 Å². The number of halogens is 1. The summed E-state index contributed by atoms with van der Waals surface area (Å²) < 4.78 is 34.1. The van der Waals surface area contributed by atoms with Crippen LogP contribution < -0.4 is 14.5 Å². The SMILES string of the molecule is CCc1ccccc1N(CC(=O)N/N=C/c1cc(Br)ccc1OC)S(=O)(=O)c1ccccc1. The van der Waals surface area contributed by atoms with E-state index in [0.29, 0.717) is 23.4 Å². The Balaban J connectivity index is 1.88. The van der Waals surface area contributed by atoms with Gasteiger partial charge in [0.25, 0.3) is 15.9 Å². The number of rotatable bonds is 9. The quantitative estimate of drug-likeness (QED) is 0.329. The fraction of sp³-hybridized carbons (Fsp3) is 0.167. The highest BCUT2D eigenvalue weighted by atomic mass is 79.9. The monoisotopic (exact) mass is 529 g/mol. The maximum atomic E-state index is 13.4. The normalized spacial score (nSPS) is 11.4. The van der Waals surface area contributed by atoms with Crippen LogP contribution >= 0.6 is 15.9 Å². The molecule has 0 radical (unpaired) electrons. The van der Waals surface area contributed by atoms with Gasteiger partial charge in [0, 0.05) is 10.0 Å². The number of ether oxygens (including phenoxy) is 1. The molecule has 3 aromatic rings. The van der Waals surface area contributed by atoms with Crippen LogP contribution in [0.25, 0.3) is 0 Å². The molecule has 0 saturated heterocycles. The van der Waals surface area contributed by atoms with Crippen LogP contribution in [0.4, 0.5) is 5.69 Å². The first-order chi connectivity index (χ1) is 15.9. The lowest BCUT2D eigenvalue weighted by Crippen LogP contribution is -2.40. The van der Waals surface area contributed by atoms with E-state index in [1.54, 1.807) is 42.5 Å². The number of anilines is 1. The summed E-state index contributed by atoms with van der Waals surface area (Å²) in [6.45, 7) is 1.50. The van der Waals surface area contributed by atoms with Crippen LogP contribution in [0.3, 0.4) is 0 Å². The van der Waals surface area contributed by atoms with Crippen LogP contribution in [0.5, 0.6) is 5.75 Å². The summed E-state index contributed by atoms with van der Waals surface area (Å²) in [4.78, 5) is 12.8. The van der Waals surface area contributed by atoms with Crippen molar-refractivity contribution in [1.29, 1.82) is 0 Å². The molecule has 172 valence electrons. The minimum atomic E-state index is -3.98. The second-order valence-electron chi connectivity index (χ2n) is 6.99. The first-order valence-electron chi connectivity index (χ1n) is 10.2. The van der Waals surface area contributed by atoms with Crippen LogP contribution in [-0.2, 0) is 21.2 Å². The van der Waals surface area contributed by atoms with Gasteiger partial charge in [-0.1, -0.05) is 59.3 Å². The van der Waals surface area contributed by atoms with E-state index < -0.39 is 22.5 Å². The zero-order valence-corrected chi connectivity index (χ0v) is 20.6. The summed E-state index contributed by atoms with van der Waals surface area (Å²) in [5.74, 6) is 0.00646. The molecule has 0 aliphatic rings. The van der Waals surface area contributed by atoms with Crippen LogP contribution in [0.1, 0.15) is 18.1 Å². The molecule has 0 saturated carbocycles. The molecule has 0 unspecified atom stereocenters. The van der Waals surface area contributed by atoms with Crippen molar-refractivity contribution in [3.8, 4) is 5.75 Å². The Morgan fingerprint density at radius 3 is 2.48 bits per heavy atom. The highest BCUT2D eigenvalue weighted by Gasteiger charge is 2.28. The largest absolute Gasteiger partial charge is 0.496 e. The summed E-state index contributed by atoms with van der Waals surface area (Å²) in [6, 6.07) is 20.6. The number of methoxy groups -OCH3 is 1. The van der Waals surface area contributed by atoms with Crippen LogP contribution in [-0.4, -0.2) is 34.2 Å². The van der Waals surface area contributed by atoms with Crippen molar-refractivity contribution in [2.24, 2.45) is 5.10 Å². The van der Waals surface area contributed by atoms with E-state index in [9.17, 15) is 13.2 Å². The van der Waals surface area contributed by atoms with Crippen molar-refractivity contribution in [2.45, 2.75) is 18.2 Å². The highest BCUT2D eigenvalue weighted by Crippen LogP contribution is 2.27. The number of carbonyl (C=O) groups excluding carboxylic acids is 1. The lowest BCUT2D eigenvalue weighted by Gasteiger charge is -2.25. The maximum Gasteiger partial charge on any atom is 0.264 e. The summed E-state index contributed by atoms with van der Waals surface area (Å²) in [5, 5.41) is 3.99. The second-order valence-corrected chi connectivity index (χ2v) is 9.76. The standard InChI is InChI=1S/C24H24BrN3O4S/c1-3-18-9-7-8-12-22(18)28(33(30,31)21-10-5-4-6-11-21)17-24(29)27-26-16-19-15-20(25)13-14-23(19)32-2/h4-16H,3,17H2,1-2H3,(H,27,29)/b26-16+. The molecule has 3 aromatic carbocycles. The fourth-order valence-electron chi connectivity index (χ4n) is 3.22. The van der Waals surface area contributed by atoms with Crippen molar-refractivity contribution in [3.05, 3.63) is 88.4 Å². The van der Waals surface area contributed by atoms with Gasteiger partial charge in [0.1, 0.15) is 12.3 Å². The summed E-state index contributed by atoms with van der Waals surface area (Å²) in [5.41, 5.74) is 4.33. The number of carbonyl (C=O) groups is 1. The van der Waals surface area contributed by atoms with Gasteiger partial charge in [0.05, 0.1) is 23.9 Å². The lowest BCUT2D eigenvalue weighted by atomic mass is 10.1. The molecule has 0 fully saturated rings. The topological polar surface area (TPSA) is 88.1 Å². The number of hydrogen-bond donors (Lipinski definition) is 1. The van der Waals surface area contributed by atoms with Gasteiger partial charge in [0.15, 0.2) is 0 Å². The number of hydrazone groups is 1. The molecular formula is C24H24BrN3O4S. The molecule has 0 aliphatic heterocycles. The third-order valence-corrected chi connectivity index (χ3v) is 7.11. The van der Waals surface area contributed by atoms with Crippen LogP contribution in [0.2, 0.25) is 0 Å². The minimum absolute atomic E-state index is 0.103. The molecular weight excluding hydrogens is 506 g/mol. The van der Waals surface area contributed by atoms with Gasteiger partial charge in [-0.3, -0.25) is 9.10 Å². The molecule has 1 amide bonds. The highest BCUT2D eigenvalue weighted by molar-refractivity contribution is 9.10. The molecule has 0 bridgehead atoms. The Bertz CT molecular complexity index is 1250. The van der Waals surface area contributed by atoms with E-state index in [-0.39, 0.29) is 4.90 Å². The Morgan fingerprint density at radius 1 is 1.09 bits per heavy atom. The molecule has 0 aliphatic carbocycles. The Morgan fingerprint density at radius 2 is 1.79 bits per heavy atom. The van der Waals surface area contributed by atoms with Crippen LogP contribution in [0.15, 0.2) is 87.3 Å². The molecule has 0 spiro atoms. The van der Waals surface area contributed by atoms with E-state index in [4.69, 9.17) is 4.74 Å². The molecule has 7 nitrogen and oxygen atoms in total. The number of hydrogen-bond acceptors (Lipinski definition) is 5. The van der Waals surface area contributed by atoms with Gasteiger partial charge in [0.2, 0.25) is 0 Å². The zero-order valence-electron chi connectivity index (χ0n) is 18.2. The minimum Gasteiger partial charge on any atom is -0.496 e. The molecule has 0 atom stereocenters. The second kappa shape index (κ2) is 11.1. The molecule has 33 heavy (non-hydrogen) atoms. The van der Waals surface area contributed by atoms with E-state index in [1.165, 1.54) is 25.5 Å². The van der Waals surface area contributed by atoms with Crippen molar-refractivity contribution >= 4 is 43.8 Å². The summed E-state index contributed by atoms with van der Waals surface area (Å²) >= 11 is 3.38. The summed E-state index contributed by atoms with van der Waals surface area (Å²) in [7, 11) is -2.44. The maximum absolute atomic E-state index is 13.4. The first kappa shape index (κ1) is 24.5. The van der Waals surface area contributed by atoms with Gasteiger partial charge in [-0.15, -0.1) is 0 Å². The first-order valence-corrected chi connectivity index (χ1v) is 12.4. The number of nitrogens with zero attached hydrogens (tertiary/aromatic N) is 2. The number of aryl methyl sites for hydroxylation is 1. The molecule has 1 N–H and O–H groups in total. The number of sulfonamides is 1. The lowest BCUT2D eigenvalue weighted by molar-refractivity contribution is -0.119. The van der Waals surface area contributed by atoms with Gasteiger partial charge in [-0.05, 0) is 48.4 Å². The molecule has 0 aromatic heterocycles. The third-order valence-electron chi connectivity index (χ3n) is 4.84. The predicted molar refractivity (Wildman–Crippen MR) is 133 cm³/mol. The van der Waals surface area contributed by atoms with Gasteiger partial charge >= 0.3 is 0 Å². The van der Waals surface area contributed by atoms with Gasteiger partial charge in [-0.25, -0.2) is 13.8 Å². The average Bonchev–Trinajstić information content (AvgIpc) is 2.83. The molecule has 3 rings (SSSR count). The fourth-order valence-corrected chi connectivity index (χ4v) is 5.08. The van der Waals surface area contributed by atoms with Gasteiger partial charge < -0.3 is 4.74 Å². The van der Waals surface area contributed by atoms with Crippen molar-refractivity contribution in [2.75, 3.05) is 18.0 Å². The smallest absolute Gasteiger partial charge is 0.264 e. The van der Waals surface area contributed by atoms with Crippen molar-refractivity contribution < 1.29 is 17.9 Å². The van der Waals surface area contributed by atoms with E-state index in [1.807, 2.05) is 25.1 Å². The molecule has 9 heteroatoms. The third kappa shape index (κ3) is 6.00. The average molecular weight is 530 g/mol. The number of para-hydroxylation sites is 1. The van der Waals surface area contributed by atoms with Crippen molar-refractivity contribution in [3.63, 3.8) is 0 Å². The van der Waals surface area contributed by atoms with E-state index >= 15 is 0 Å². The number of amides is 1. The number of nitrogens with one attached hydrogen (secondary N) is 1. The predicted octanol–water partition coefficient (Wildman–Crippen LogP) is 4.37. The van der Waals surface area contributed by atoms with Gasteiger partial charge in [-0.2, -0.15) is 5.10 Å².